The second-order valence-corrected chi connectivity index (χ2v) is 5.10. The number of esters is 1. The SMILES string of the molecule is CCCCCCCCOC(=O)c1cc(N)cc(C)c1F. The number of carbonyl (C=O) groups excluding carboxylic acids is 1. The Bertz CT molecular complexity index is 446. The fraction of sp³-hybridized carbons (Fsp3) is 0.562. The Hall–Kier alpha value is -1.58. The quantitative estimate of drug-likeness (QED) is 0.440. The van der Waals surface area contributed by atoms with Gasteiger partial charge in [0.15, 0.2) is 0 Å². The lowest BCUT2D eigenvalue weighted by Gasteiger charge is -2.08. The molecule has 0 aliphatic rings. The number of hydrogen-bond acceptors (Lipinski definition) is 3. The minimum Gasteiger partial charge on any atom is -0.462 e. The van der Waals surface area contributed by atoms with Crippen LogP contribution in [0.4, 0.5) is 10.1 Å². The average molecular weight is 281 g/mol. The van der Waals surface area contributed by atoms with E-state index in [0.717, 1.165) is 19.3 Å². The predicted molar refractivity (Wildman–Crippen MR) is 79.2 cm³/mol. The van der Waals surface area contributed by atoms with Gasteiger partial charge in [-0.25, -0.2) is 9.18 Å². The zero-order chi connectivity index (χ0) is 15.0. The van der Waals surface area contributed by atoms with Crippen molar-refractivity contribution in [1.29, 1.82) is 0 Å². The molecular weight excluding hydrogens is 257 g/mol. The maximum Gasteiger partial charge on any atom is 0.341 e. The largest absolute Gasteiger partial charge is 0.462 e. The van der Waals surface area contributed by atoms with Crippen molar-refractivity contribution in [2.45, 2.75) is 52.4 Å². The number of aryl methyl sites for hydroxylation is 1. The molecule has 1 rings (SSSR count). The molecule has 0 atom stereocenters. The molecule has 0 spiro atoms. The number of hydrogen-bond donors (Lipinski definition) is 1. The molecular formula is C16H24FNO2. The lowest BCUT2D eigenvalue weighted by Crippen LogP contribution is -2.10. The minimum atomic E-state index is -0.633. The molecule has 112 valence electrons. The molecule has 0 amide bonds. The highest BCUT2D eigenvalue weighted by Gasteiger charge is 2.15. The molecule has 0 radical (unpaired) electrons. The Labute approximate surface area is 120 Å². The van der Waals surface area contributed by atoms with Gasteiger partial charge in [-0.3, -0.25) is 0 Å². The minimum absolute atomic E-state index is 0.0755. The lowest BCUT2D eigenvalue weighted by atomic mass is 10.1. The molecule has 1 aromatic carbocycles. The van der Waals surface area contributed by atoms with Crippen LogP contribution in [0.2, 0.25) is 0 Å². The van der Waals surface area contributed by atoms with Gasteiger partial charge in [0, 0.05) is 5.69 Å². The van der Waals surface area contributed by atoms with Gasteiger partial charge in [-0.1, -0.05) is 39.0 Å². The standard InChI is InChI=1S/C16H24FNO2/c1-3-4-5-6-7-8-9-20-16(19)14-11-13(18)10-12(2)15(14)17/h10-11H,3-9,18H2,1-2H3. The van der Waals surface area contributed by atoms with E-state index in [-0.39, 0.29) is 5.56 Å². The number of unbranched alkanes of at least 4 members (excludes halogenated alkanes) is 5. The normalized spacial score (nSPS) is 10.6. The van der Waals surface area contributed by atoms with Crippen LogP contribution in [0.5, 0.6) is 0 Å². The molecule has 0 saturated heterocycles. The predicted octanol–water partition coefficient (Wildman–Crippen LogP) is 4.23. The Morgan fingerprint density at radius 1 is 1.20 bits per heavy atom. The molecule has 1 aromatic rings. The molecule has 3 nitrogen and oxygen atoms in total. The zero-order valence-corrected chi connectivity index (χ0v) is 12.4. The van der Waals surface area contributed by atoms with Crippen molar-refractivity contribution < 1.29 is 13.9 Å². The van der Waals surface area contributed by atoms with Crippen molar-refractivity contribution >= 4 is 11.7 Å². The summed E-state index contributed by atoms with van der Waals surface area (Å²) < 4.78 is 18.9. The van der Waals surface area contributed by atoms with Gasteiger partial charge in [0.2, 0.25) is 0 Å². The number of nitrogens with two attached hydrogens (primary N) is 1. The van der Waals surface area contributed by atoms with Crippen LogP contribution in [0.15, 0.2) is 12.1 Å². The third kappa shape index (κ3) is 5.19. The Morgan fingerprint density at radius 2 is 1.85 bits per heavy atom. The topological polar surface area (TPSA) is 52.3 Å². The highest BCUT2D eigenvalue weighted by atomic mass is 19.1. The molecule has 0 saturated carbocycles. The summed E-state index contributed by atoms with van der Waals surface area (Å²) in [5, 5.41) is 0. The fourth-order valence-corrected chi connectivity index (χ4v) is 2.07. The summed E-state index contributed by atoms with van der Waals surface area (Å²) in [6.45, 7) is 4.08. The Morgan fingerprint density at radius 3 is 2.55 bits per heavy atom. The summed E-state index contributed by atoms with van der Waals surface area (Å²) in [5.41, 5.74) is 6.27. The van der Waals surface area contributed by atoms with E-state index in [4.69, 9.17) is 10.5 Å². The average Bonchev–Trinajstić information content (AvgIpc) is 2.41. The van der Waals surface area contributed by atoms with Crippen molar-refractivity contribution in [1.82, 2.24) is 0 Å². The van der Waals surface area contributed by atoms with Crippen LogP contribution in [0.25, 0.3) is 0 Å². The van der Waals surface area contributed by atoms with Crippen LogP contribution >= 0.6 is 0 Å². The number of rotatable bonds is 8. The first kappa shape index (κ1) is 16.5. The number of halogens is 1. The van der Waals surface area contributed by atoms with Crippen LogP contribution in [-0.2, 0) is 4.74 Å². The van der Waals surface area contributed by atoms with Crippen LogP contribution in [-0.4, -0.2) is 12.6 Å². The monoisotopic (exact) mass is 281 g/mol. The number of nitrogen functional groups attached to an aromatic ring is 1. The van der Waals surface area contributed by atoms with E-state index >= 15 is 0 Å². The maximum atomic E-state index is 13.8. The fourth-order valence-electron chi connectivity index (χ4n) is 2.07. The lowest BCUT2D eigenvalue weighted by molar-refractivity contribution is 0.0492. The molecule has 0 aromatic heterocycles. The van der Waals surface area contributed by atoms with Gasteiger partial charge in [0.1, 0.15) is 5.82 Å². The summed E-state index contributed by atoms with van der Waals surface area (Å²) >= 11 is 0. The Kier molecular flexibility index (Phi) is 7.05. The molecule has 4 heteroatoms. The van der Waals surface area contributed by atoms with Crippen LogP contribution in [0.1, 0.15) is 61.4 Å². The second-order valence-electron chi connectivity index (χ2n) is 5.10. The molecule has 2 N–H and O–H groups in total. The van der Waals surface area contributed by atoms with Gasteiger partial charge in [0.25, 0.3) is 0 Å². The van der Waals surface area contributed by atoms with Crippen molar-refractivity contribution in [3.8, 4) is 0 Å². The van der Waals surface area contributed by atoms with E-state index < -0.39 is 11.8 Å². The highest BCUT2D eigenvalue weighted by Crippen LogP contribution is 2.18. The first-order valence-electron chi connectivity index (χ1n) is 7.29. The van der Waals surface area contributed by atoms with Crippen molar-refractivity contribution in [3.05, 3.63) is 29.1 Å². The van der Waals surface area contributed by atoms with Crippen LogP contribution in [0, 0.1) is 12.7 Å². The van der Waals surface area contributed by atoms with Gasteiger partial charge in [-0.2, -0.15) is 0 Å². The van der Waals surface area contributed by atoms with E-state index in [9.17, 15) is 9.18 Å². The summed E-state index contributed by atoms with van der Waals surface area (Å²) in [7, 11) is 0. The summed E-state index contributed by atoms with van der Waals surface area (Å²) in [4.78, 5) is 11.8. The maximum absolute atomic E-state index is 13.8. The van der Waals surface area contributed by atoms with Crippen molar-refractivity contribution in [2.24, 2.45) is 0 Å². The number of ether oxygens (including phenoxy) is 1. The second kappa shape index (κ2) is 8.56. The molecule has 0 bridgehead atoms. The molecule has 0 aliphatic heterocycles. The third-order valence-electron chi connectivity index (χ3n) is 3.23. The number of carbonyl (C=O) groups is 1. The number of benzene rings is 1. The van der Waals surface area contributed by atoms with Gasteiger partial charge in [0.05, 0.1) is 12.2 Å². The van der Waals surface area contributed by atoms with Crippen molar-refractivity contribution in [3.63, 3.8) is 0 Å². The molecule has 0 unspecified atom stereocenters. The van der Waals surface area contributed by atoms with E-state index in [1.807, 2.05) is 0 Å². The molecule has 20 heavy (non-hydrogen) atoms. The summed E-state index contributed by atoms with van der Waals surface area (Å²) in [6.07, 6.45) is 6.67. The number of anilines is 1. The summed E-state index contributed by atoms with van der Waals surface area (Å²) in [5.74, 6) is -1.18. The zero-order valence-electron chi connectivity index (χ0n) is 12.4. The van der Waals surface area contributed by atoms with Crippen LogP contribution in [0.3, 0.4) is 0 Å². The van der Waals surface area contributed by atoms with E-state index in [1.54, 1.807) is 6.92 Å². The van der Waals surface area contributed by atoms with E-state index in [2.05, 4.69) is 6.92 Å². The molecule has 0 aliphatic carbocycles. The molecule has 0 fully saturated rings. The first-order chi connectivity index (χ1) is 9.56. The molecule has 0 heterocycles. The van der Waals surface area contributed by atoms with Gasteiger partial charge >= 0.3 is 5.97 Å². The smallest absolute Gasteiger partial charge is 0.341 e. The van der Waals surface area contributed by atoms with Crippen molar-refractivity contribution in [2.75, 3.05) is 12.3 Å². The third-order valence-corrected chi connectivity index (χ3v) is 3.23. The summed E-state index contributed by atoms with van der Waals surface area (Å²) in [6, 6.07) is 2.83. The van der Waals surface area contributed by atoms with Gasteiger partial charge < -0.3 is 10.5 Å². The Balaban J connectivity index is 2.36. The highest BCUT2D eigenvalue weighted by molar-refractivity contribution is 5.91. The van der Waals surface area contributed by atoms with E-state index in [1.165, 1.54) is 31.4 Å². The van der Waals surface area contributed by atoms with Gasteiger partial charge in [-0.15, -0.1) is 0 Å². The van der Waals surface area contributed by atoms with E-state index in [0.29, 0.717) is 17.9 Å². The van der Waals surface area contributed by atoms with Crippen LogP contribution < -0.4 is 5.73 Å². The first-order valence-corrected chi connectivity index (χ1v) is 7.29. The van der Waals surface area contributed by atoms with Gasteiger partial charge in [-0.05, 0) is 31.0 Å².